The second-order valence-electron chi connectivity index (χ2n) is 6.71. The summed E-state index contributed by atoms with van der Waals surface area (Å²) in [6.45, 7) is 8.45. The number of nitrogens with zero attached hydrogens (tertiary/aromatic N) is 2. The number of ether oxygens (including phenoxy) is 1. The molecule has 1 N–H and O–H groups in total. The number of hydrogen-bond acceptors (Lipinski definition) is 4. The molecule has 1 aromatic heterocycles. The number of carbonyl (C=O) groups excluding carboxylic acids is 1. The zero-order chi connectivity index (χ0) is 16.2. The SMILES string of the molecule is CC(C)(C)OC(=O)NC1CCN(Cc2cncc(Br)c2)CC1. The number of likely N-dealkylation sites (tertiary alicyclic amines) is 1. The molecule has 1 aliphatic heterocycles. The maximum atomic E-state index is 11.8. The second-order valence-corrected chi connectivity index (χ2v) is 7.62. The lowest BCUT2D eigenvalue weighted by molar-refractivity contribution is 0.0477. The molecule has 1 saturated heterocycles. The predicted molar refractivity (Wildman–Crippen MR) is 89.6 cm³/mol. The highest BCUT2D eigenvalue weighted by Crippen LogP contribution is 2.16. The van der Waals surface area contributed by atoms with Gasteiger partial charge in [0, 0.05) is 42.5 Å². The second kappa shape index (κ2) is 7.42. The first-order valence-electron chi connectivity index (χ1n) is 7.63. The van der Waals surface area contributed by atoms with Crippen molar-refractivity contribution in [2.75, 3.05) is 13.1 Å². The lowest BCUT2D eigenvalue weighted by atomic mass is 10.0. The fraction of sp³-hybridized carbons (Fsp3) is 0.625. The molecule has 2 rings (SSSR count). The van der Waals surface area contributed by atoms with E-state index >= 15 is 0 Å². The largest absolute Gasteiger partial charge is 0.444 e. The first kappa shape index (κ1) is 17.2. The molecule has 0 bridgehead atoms. The molecule has 1 aliphatic rings. The number of hydrogen-bond donors (Lipinski definition) is 1. The Kier molecular flexibility index (Phi) is 5.81. The summed E-state index contributed by atoms with van der Waals surface area (Å²) >= 11 is 3.45. The van der Waals surface area contributed by atoms with Crippen molar-refractivity contribution in [2.45, 2.75) is 51.8 Å². The number of amides is 1. The molecule has 1 fully saturated rings. The lowest BCUT2D eigenvalue weighted by Crippen LogP contribution is -2.45. The minimum atomic E-state index is -0.446. The van der Waals surface area contributed by atoms with Crippen LogP contribution in [0.5, 0.6) is 0 Å². The van der Waals surface area contributed by atoms with Crippen molar-refractivity contribution in [2.24, 2.45) is 0 Å². The van der Waals surface area contributed by atoms with Gasteiger partial charge in [0.2, 0.25) is 0 Å². The van der Waals surface area contributed by atoms with Gasteiger partial charge < -0.3 is 10.1 Å². The van der Waals surface area contributed by atoms with Crippen molar-refractivity contribution in [3.63, 3.8) is 0 Å². The molecule has 5 nitrogen and oxygen atoms in total. The minimum absolute atomic E-state index is 0.201. The number of aromatic nitrogens is 1. The van der Waals surface area contributed by atoms with E-state index in [1.165, 1.54) is 5.56 Å². The van der Waals surface area contributed by atoms with Crippen LogP contribution in [0.1, 0.15) is 39.2 Å². The van der Waals surface area contributed by atoms with E-state index in [-0.39, 0.29) is 12.1 Å². The van der Waals surface area contributed by atoms with Gasteiger partial charge >= 0.3 is 6.09 Å². The molecule has 1 aromatic rings. The van der Waals surface area contributed by atoms with Gasteiger partial charge in [0.1, 0.15) is 5.60 Å². The van der Waals surface area contributed by atoms with Crippen molar-refractivity contribution in [3.05, 3.63) is 28.5 Å². The van der Waals surface area contributed by atoms with Crippen molar-refractivity contribution in [1.82, 2.24) is 15.2 Å². The molecule has 0 atom stereocenters. The zero-order valence-corrected chi connectivity index (χ0v) is 15.0. The molecular weight excluding hydrogens is 346 g/mol. The number of pyridine rings is 1. The van der Waals surface area contributed by atoms with E-state index in [1.54, 1.807) is 6.20 Å². The Hall–Kier alpha value is -1.14. The summed E-state index contributed by atoms with van der Waals surface area (Å²) in [6, 6.07) is 2.30. The van der Waals surface area contributed by atoms with E-state index in [9.17, 15) is 4.79 Å². The Bertz CT molecular complexity index is 508. The average Bonchev–Trinajstić information content (AvgIpc) is 2.39. The highest BCUT2D eigenvalue weighted by molar-refractivity contribution is 9.10. The summed E-state index contributed by atoms with van der Waals surface area (Å²) in [7, 11) is 0. The Morgan fingerprint density at radius 2 is 2.09 bits per heavy atom. The molecule has 0 spiro atoms. The van der Waals surface area contributed by atoms with Crippen LogP contribution in [-0.2, 0) is 11.3 Å². The van der Waals surface area contributed by atoms with E-state index in [0.717, 1.165) is 36.9 Å². The summed E-state index contributed by atoms with van der Waals surface area (Å²) in [5.74, 6) is 0. The smallest absolute Gasteiger partial charge is 0.407 e. The lowest BCUT2D eigenvalue weighted by Gasteiger charge is -2.32. The highest BCUT2D eigenvalue weighted by Gasteiger charge is 2.23. The number of rotatable bonds is 3. The molecule has 6 heteroatoms. The van der Waals surface area contributed by atoms with Crippen LogP contribution in [0.4, 0.5) is 4.79 Å². The zero-order valence-electron chi connectivity index (χ0n) is 13.4. The monoisotopic (exact) mass is 369 g/mol. The molecule has 0 aliphatic carbocycles. The Morgan fingerprint density at radius 3 is 2.68 bits per heavy atom. The molecule has 2 heterocycles. The van der Waals surface area contributed by atoms with Crippen LogP contribution >= 0.6 is 15.9 Å². The van der Waals surface area contributed by atoms with E-state index in [2.05, 4.69) is 37.2 Å². The molecule has 0 aromatic carbocycles. The van der Waals surface area contributed by atoms with Crippen molar-refractivity contribution >= 4 is 22.0 Å². The van der Waals surface area contributed by atoms with E-state index in [4.69, 9.17) is 4.74 Å². The van der Waals surface area contributed by atoms with E-state index in [0.29, 0.717) is 0 Å². The van der Waals surface area contributed by atoms with Crippen LogP contribution in [0.3, 0.4) is 0 Å². The summed E-state index contributed by atoms with van der Waals surface area (Å²) in [5, 5.41) is 2.96. The molecule has 0 saturated carbocycles. The van der Waals surface area contributed by atoms with E-state index < -0.39 is 5.60 Å². The van der Waals surface area contributed by atoms with Crippen molar-refractivity contribution in [1.29, 1.82) is 0 Å². The number of nitrogens with one attached hydrogen (secondary N) is 1. The highest BCUT2D eigenvalue weighted by atomic mass is 79.9. The molecule has 0 radical (unpaired) electrons. The summed E-state index contributed by atoms with van der Waals surface area (Å²) < 4.78 is 6.30. The standard InChI is InChI=1S/C16H24BrN3O2/c1-16(2,3)22-15(21)19-14-4-6-20(7-5-14)11-12-8-13(17)10-18-9-12/h8-10,14H,4-7,11H2,1-3H3,(H,19,21). The van der Waals surface area contributed by atoms with Crippen LogP contribution in [0.2, 0.25) is 0 Å². The van der Waals surface area contributed by atoms with Crippen molar-refractivity contribution in [3.8, 4) is 0 Å². The number of alkyl carbamates (subject to hydrolysis) is 1. The van der Waals surface area contributed by atoms with Gasteiger partial charge in [-0.15, -0.1) is 0 Å². The number of halogens is 1. The van der Waals surface area contributed by atoms with Gasteiger partial charge in [-0.3, -0.25) is 9.88 Å². The van der Waals surface area contributed by atoms with Crippen LogP contribution in [0.15, 0.2) is 22.9 Å². The Labute approximate surface area is 140 Å². The summed E-state index contributed by atoms with van der Waals surface area (Å²) in [5.41, 5.74) is 0.756. The quantitative estimate of drug-likeness (QED) is 0.887. The Balaban J connectivity index is 1.75. The van der Waals surface area contributed by atoms with Crippen LogP contribution < -0.4 is 5.32 Å². The molecule has 22 heavy (non-hydrogen) atoms. The number of piperidine rings is 1. The topological polar surface area (TPSA) is 54.5 Å². The summed E-state index contributed by atoms with van der Waals surface area (Å²) in [6.07, 6.45) is 5.26. The van der Waals surface area contributed by atoms with Gasteiger partial charge in [-0.2, -0.15) is 0 Å². The first-order chi connectivity index (χ1) is 10.3. The van der Waals surface area contributed by atoms with E-state index in [1.807, 2.05) is 27.0 Å². The molecular formula is C16H24BrN3O2. The molecule has 1 amide bonds. The average molecular weight is 370 g/mol. The normalized spacial score (nSPS) is 17.3. The number of carbonyl (C=O) groups is 1. The minimum Gasteiger partial charge on any atom is -0.444 e. The molecule has 0 unspecified atom stereocenters. The third-order valence-corrected chi connectivity index (χ3v) is 3.91. The fourth-order valence-electron chi connectivity index (χ4n) is 2.51. The van der Waals surface area contributed by atoms with Gasteiger partial charge in [-0.25, -0.2) is 4.79 Å². The van der Waals surface area contributed by atoms with Crippen LogP contribution in [0.25, 0.3) is 0 Å². The third-order valence-electron chi connectivity index (χ3n) is 3.48. The van der Waals surface area contributed by atoms with Gasteiger partial charge in [0.05, 0.1) is 0 Å². The fourth-order valence-corrected chi connectivity index (χ4v) is 2.92. The van der Waals surface area contributed by atoms with Gasteiger partial charge in [0.15, 0.2) is 0 Å². The maximum Gasteiger partial charge on any atom is 0.407 e. The van der Waals surface area contributed by atoms with Crippen LogP contribution in [-0.4, -0.2) is 40.7 Å². The van der Waals surface area contributed by atoms with Gasteiger partial charge in [-0.1, -0.05) is 0 Å². The van der Waals surface area contributed by atoms with Crippen LogP contribution in [0, 0.1) is 0 Å². The summed E-state index contributed by atoms with van der Waals surface area (Å²) in [4.78, 5) is 18.4. The first-order valence-corrected chi connectivity index (χ1v) is 8.42. The predicted octanol–water partition coefficient (Wildman–Crippen LogP) is 3.33. The van der Waals surface area contributed by atoms with Crippen molar-refractivity contribution < 1.29 is 9.53 Å². The third kappa shape index (κ3) is 5.93. The van der Waals surface area contributed by atoms with Gasteiger partial charge in [-0.05, 0) is 61.2 Å². The Morgan fingerprint density at radius 1 is 1.41 bits per heavy atom. The molecule has 122 valence electrons. The maximum absolute atomic E-state index is 11.8. The van der Waals surface area contributed by atoms with Gasteiger partial charge in [0.25, 0.3) is 0 Å².